The summed E-state index contributed by atoms with van der Waals surface area (Å²) in [5, 5.41) is 5.66. The third kappa shape index (κ3) is 5.82. The van der Waals surface area contributed by atoms with Crippen LogP contribution in [-0.4, -0.2) is 52.9 Å². The van der Waals surface area contributed by atoms with Gasteiger partial charge in [0.05, 0.1) is 23.6 Å². The van der Waals surface area contributed by atoms with Crippen LogP contribution in [0.3, 0.4) is 0 Å². The fraction of sp³-hybridized carbons (Fsp3) is 0.167. The number of benzene rings is 3. The van der Waals surface area contributed by atoms with Gasteiger partial charge in [-0.3, -0.25) is 19.8 Å². The van der Waals surface area contributed by atoms with E-state index in [0.717, 1.165) is 13.1 Å². The van der Waals surface area contributed by atoms with Gasteiger partial charge >= 0.3 is 0 Å². The van der Waals surface area contributed by atoms with E-state index in [0.29, 0.717) is 24.3 Å². The average Bonchev–Trinajstić information content (AvgIpc) is 3.50. The van der Waals surface area contributed by atoms with Crippen LogP contribution in [0.5, 0.6) is 0 Å². The Morgan fingerprint density at radius 3 is 1.97 bits per heavy atom. The first-order chi connectivity index (χ1) is 18.6. The molecule has 1 aliphatic rings. The van der Waals surface area contributed by atoms with E-state index in [9.17, 15) is 9.59 Å². The lowest BCUT2D eigenvalue weighted by molar-refractivity contribution is 0.0598. The van der Waals surface area contributed by atoms with Crippen molar-refractivity contribution in [1.29, 1.82) is 0 Å². The summed E-state index contributed by atoms with van der Waals surface area (Å²) in [4.78, 5) is 30.1. The Morgan fingerprint density at radius 2 is 1.37 bits per heavy atom. The standard InChI is InChI=1S/C30H28N4O3S/c35-28(26-16-9-21-37-26)32-30(38)31-25-15-8-7-14-24(25)29(36)34-19-17-33(18-20-34)27(22-10-3-1-4-11-22)23-12-5-2-6-13-23/h1-16,21,27H,17-20H2,(H2,31,32,35,38). The number of furan rings is 1. The number of carbonyl (C=O) groups is 2. The number of hydrogen-bond donors (Lipinski definition) is 2. The molecule has 0 spiro atoms. The highest BCUT2D eigenvalue weighted by Gasteiger charge is 2.29. The summed E-state index contributed by atoms with van der Waals surface area (Å²) in [6.45, 7) is 2.69. The first kappa shape index (κ1) is 25.4. The molecule has 0 unspecified atom stereocenters. The van der Waals surface area contributed by atoms with Crippen molar-refractivity contribution in [2.24, 2.45) is 0 Å². The van der Waals surface area contributed by atoms with Gasteiger partial charge < -0.3 is 14.6 Å². The molecule has 192 valence electrons. The number of amides is 2. The molecule has 8 heteroatoms. The molecule has 0 radical (unpaired) electrons. The fourth-order valence-electron chi connectivity index (χ4n) is 4.74. The van der Waals surface area contributed by atoms with Crippen LogP contribution in [0.1, 0.15) is 38.1 Å². The molecule has 1 aliphatic heterocycles. The molecule has 5 rings (SSSR count). The molecule has 7 nitrogen and oxygen atoms in total. The summed E-state index contributed by atoms with van der Waals surface area (Å²) in [7, 11) is 0. The largest absolute Gasteiger partial charge is 0.459 e. The van der Waals surface area contributed by atoms with Crippen LogP contribution in [-0.2, 0) is 0 Å². The SMILES string of the molecule is O=C(NC(=S)Nc1ccccc1C(=O)N1CCN(C(c2ccccc2)c2ccccc2)CC1)c1ccco1. The minimum Gasteiger partial charge on any atom is -0.459 e. The molecule has 0 bridgehead atoms. The van der Waals surface area contributed by atoms with Gasteiger partial charge in [0.2, 0.25) is 0 Å². The van der Waals surface area contributed by atoms with Crippen molar-refractivity contribution in [3.63, 3.8) is 0 Å². The molecule has 3 aromatic carbocycles. The predicted octanol–water partition coefficient (Wildman–Crippen LogP) is 4.95. The minimum absolute atomic E-state index is 0.0797. The second kappa shape index (κ2) is 11.9. The van der Waals surface area contributed by atoms with Crippen molar-refractivity contribution < 1.29 is 14.0 Å². The first-order valence-electron chi connectivity index (χ1n) is 12.5. The maximum absolute atomic E-state index is 13.5. The van der Waals surface area contributed by atoms with Gasteiger partial charge in [0.25, 0.3) is 11.8 Å². The number of carbonyl (C=O) groups excluding carboxylic acids is 2. The Balaban J connectivity index is 1.26. The molecule has 4 aromatic rings. The molecule has 1 fully saturated rings. The zero-order valence-electron chi connectivity index (χ0n) is 20.7. The van der Waals surface area contributed by atoms with Gasteiger partial charge in [-0.05, 0) is 47.6 Å². The number of nitrogens with one attached hydrogen (secondary N) is 2. The molecule has 1 saturated heterocycles. The molecule has 2 N–H and O–H groups in total. The second-order valence-electron chi connectivity index (χ2n) is 8.98. The third-order valence-corrected chi connectivity index (χ3v) is 6.78. The van der Waals surface area contributed by atoms with Crippen LogP contribution >= 0.6 is 12.2 Å². The van der Waals surface area contributed by atoms with Gasteiger partial charge in [0.1, 0.15) is 0 Å². The van der Waals surface area contributed by atoms with Crippen LogP contribution in [0, 0.1) is 0 Å². The molecule has 2 amide bonds. The predicted molar refractivity (Wildman–Crippen MR) is 151 cm³/mol. The number of anilines is 1. The number of piperazine rings is 1. The molecule has 0 saturated carbocycles. The summed E-state index contributed by atoms with van der Waals surface area (Å²) in [5.41, 5.74) is 3.51. The van der Waals surface area contributed by atoms with Gasteiger partial charge in [0.15, 0.2) is 10.9 Å². The highest BCUT2D eigenvalue weighted by atomic mass is 32.1. The summed E-state index contributed by atoms with van der Waals surface area (Å²) in [6.07, 6.45) is 1.42. The van der Waals surface area contributed by atoms with Gasteiger partial charge in [0, 0.05) is 26.2 Å². The van der Waals surface area contributed by atoms with E-state index in [1.54, 1.807) is 24.3 Å². The summed E-state index contributed by atoms with van der Waals surface area (Å²) < 4.78 is 5.11. The van der Waals surface area contributed by atoms with E-state index in [-0.39, 0.29) is 22.8 Å². The maximum atomic E-state index is 13.5. The van der Waals surface area contributed by atoms with Crippen LogP contribution in [0.2, 0.25) is 0 Å². The third-order valence-electron chi connectivity index (χ3n) is 6.57. The molecule has 0 atom stereocenters. The highest BCUT2D eigenvalue weighted by molar-refractivity contribution is 7.80. The second-order valence-corrected chi connectivity index (χ2v) is 9.39. The van der Waals surface area contributed by atoms with Gasteiger partial charge in [-0.2, -0.15) is 0 Å². The Morgan fingerprint density at radius 1 is 0.763 bits per heavy atom. The molecule has 1 aromatic heterocycles. The van der Waals surface area contributed by atoms with Gasteiger partial charge in [-0.25, -0.2) is 0 Å². The molecule has 38 heavy (non-hydrogen) atoms. The van der Waals surface area contributed by atoms with Gasteiger partial charge in [-0.1, -0.05) is 72.8 Å². The number of rotatable bonds is 6. The lowest BCUT2D eigenvalue weighted by atomic mass is 9.96. The Labute approximate surface area is 227 Å². The van der Waals surface area contributed by atoms with Crippen molar-refractivity contribution in [2.45, 2.75) is 6.04 Å². The lowest BCUT2D eigenvalue weighted by Crippen LogP contribution is -2.50. The Kier molecular flexibility index (Phi) is 7.92. The van der Waals surface area contributed by atoms with E-state index in [1.807, 2.05) is 29.2 Å². The zero-order chi connectivity index (χ0) is 26.3. The maximum Gasteiger partial charge on any atom is 0.293 e. The molecular weight excluding hydrogens is 496 g/mol. The monoisotopic (exact) mass is 524 g/mol. The van der Waals surface area contributed by atoms with Crippen LogP contribution < -0.4 is 10.6 Å². The van der Waals surface area contributed by atoms with E-state index in [1.165, 1.54) is 17.4 Å². The number of thiocarbonyl (C=S) groups is 1. The van der Waals surface area contributed by atoms with Crippen LogP contribution in [0.25, 0.3) is 0 Å². The van der Waals surface area contributed by atoms with E-state index < -0.39 is 5.91 Å². The van der Waals surface area contributed by atoms with E-state index >= 15 is 0 Å². The van der Waals surface area contributed by atoms with Crippen LogP contribution in [0.15, 0.2) is 108 Å². The van der Waals surface area contributed by atoms with Crippen molar-refractivity contribution in [2.75, 3.05) is 31.5 Å². The Bertz CT molecular complexity index is 1350. The highest BCUT2D eigenvalue weighted by Crippen LogP contribution is 2.30. The van der Waals surface area contributed by atoms with E-state index in [4.69, 9.17) is 16.6 Å². The number of nitrogens with zero attached hydrogens (tertiary/aromatic N) is 2. The fourth-order valence-corrected chi connectivity index (χ4v) is 4.95. The summed E-state index contributed by atoms with van der Waals surface area (Å²) in [5.74, 6) is -0.386. The zero-order valence-corrected chi connectivity index (χ0v) is 21.6. The minimum atomic E-state index is -0.459. The topological polar surface area (TPSA) is 77.8 Å². The lowest BCUT2D eigenvalue weighted by Gasteiger charge is -2.40. The molecular formula is C30H28N4O3S. The number of hydrogen-bond acceptors (Lipinski definition) is 5. The summed E-state index contributed by atoms with van der Waals surface area (Å²) >= 11 is 5.31. The smallest absolute Gasteiger partial charge is 0.293 e. The quantitative estimate of drug-likeness (QED) is 0.348. The average molecular weight is 525 g/mol. The van der Waals surface area contributed by atoms with Crippen LogP contribution in [0.4, 0.5) is 5.69 Å². The summed E-state index contributed by atoms with van der Waals surface area (Å²) in [6, 6.07) is 31.4. The van der Waals surface area contributed by atoms with Crippen molar-refractivity contribution in [1.82, 2.24) is 15.1 Å². The Hall–Kier alpha value is -4.27. The first-order valence-corrected chi connectivity index (χ1v) is 12.9. The van der Waals surface area contributed by atoms with Crippen molar-refractivity contribution in [3.8, 4) is 0 Å². The number of para-hydroxylation sites is 1. The normalized spacial score (nSPS) is 13.8. The van der Waals surface area contributed by atoms with Crippen molar-refractivity contribution >= 4 is 34.8 Å². The van der Waals surface area contributed by atoms with Gasteiger partial charge in [-0.15, -0.1) is 0 Å². The van der Waals surface area contributed by atoms with Crippen molar-refractivity contribution in [3.05, 3.63) is 126 Å². The molecule has 0 aliphatic carbocycles. The molecule has 2 heterocycles. The van der Waals surface area contributed by atoms with E-state index in [2.05, 4.69) is 64.1 Å².